The number of hydrogen-bond donors (Lipinski definition) is 2. The van der Waals surface area contributed by atoms with Gasteiger partial charge in [0, 0.05) is 42.7 Å². The number of nitrogens with zero attached hydrogens (tertiary/aromatic N) is 3. The highest BCUT2D eigenvalue weighted by atomic mass is 19.4. The molecule has 0 radical (unpaired) electrons. The van der Waals surface area contributed by atoms with E-state index < -0.39 is 11.7 Å². The van der Waals surface area contributed by atoms with Crippen LogP contribution in [0.4, 0.5) is 13.2 Å². The van der Waals surface area contributed by atoms with Crippen molar-refractivity contribution >= 4 is 0 Å². The van der Waals surface area contributed by atoms with Gasteiger partial charge in [0.2, 0.25) is 0 Å². The lowest BCUT2D eigenvalue weighted by molar-refractivity contribution is -0.137. The largest absolute Gasteiger partial charge is 0.497 e. The molecule has 5 rings (SSSR count). The zero-order valence-electron chi connectivity index (χ0n) is 18.8. The molecule has 0 fully saturated rings. The molecule has 0 saturated carbocycles. The summed E-state index contributed by atoms with van der Waals surface area (Å²) in [7, 11) is 1.62. The summed E-state index contributed by atoms with van der Waals surface area (Å²) in [6, 6.07) is 12.3. The van der Waals surface area contributed by atoms with E-state index in [4.69, 9.17) is 4.74 Å². The summed E-state index contributed by atoms with van der Waals surface area (Å²) >= 11 is 0. The van der Waals surface area contributed by atoms with Crippen LogP contribution in [0.25, 0.3) is 22.6 Å². The van der Waals surface area contributed by atoms with Crippen molar-refractivity contribution in [2.24, 2.45) is 0 Å². The van der Waals surface area contributed by atoms with Crippen LogP contribution >= 0.6 is 0 Å². The van der Waals surface area contributed by atoms with E-state index in [1.54, 1.807) is 13.3 Å². The molecule has 1 aliphatic heterocycles. The van der Waals surface area contributed by atoms with Crippen molar-refractivity contribution in [3.63, 3.8) is 0 Å². The molecule has 2 aromatic carbocycles. The molecule has 2 N–H and O–H groups in total. The van der Waals surface area contributed by atoms with E-state index in [1.165, 1.54) is 12.1 Å². The van der Waals surface area contributed by atoms with Crippen LogP contribution in [-0.2, 0) is 25.7 Å². The molecular weight excluding hydrogens is 459 g/mol. The molecule has 0 aliphatic carbocycles. The fourth-order valence-electron chi connectivity index (χ4n) is 4.25. The van der Waals surface area contributed by atoms with Gasteiger partial charge >= 0.3 is 6.18 Å². The van der Waals surface area contributed by atoms with Crippen LogP contribution in [-0.4, -0.2) is 38.7 Å². The Balaban J connectivity index is 1.34. The molecule has 0 spiro atoms. The molecule has 0 amide bonds. The van der Waals surface area contributed by atoms with Crippen molar-refractivity contribution in [1.29, 1.82) is 0 Å². The van der Waals surface area contributed by atoms with Crippen molar-refractivity contribution in [3.8, 4) is 28.4 Å². The number of rotatable bonds is 5. The third kappa shape index (κ3) is 4.69. The van der Waals surface area contributed by atoms with Gasteiger partial charge in [0.05, 0.1) is 35.8 Å². The second-order valence-electron chi connectivity index (χ2n) is 8.37. The first kappa shape index (κ1) is 22.9. The summed E-state index contributed by atoms with van der Waals surface area (Å²) in [5, 5.41) is 7.25. The van der Waals surface area contributed by atoms with Crippen LogP contribution in [0.15, 0.2) is 59.5 Å². The van der Waals surface area contributed by atoms with E-state index in [-0.39, 0.29) is 11.4 Å². The first-order valence-electron chi connectivity index (χ1n) is 11.0. The Morgan fingerprint density at radius 2 is 1.77 bits per heavy atom. The van der Waals surface area contributed by atoms with Gasteiger partial charge in [0.1, 0.15) is 11.6 Å². The number of hydrogen-bond acceptors (Lipinski definition) is 5. The molecule has 0 unspecified atom stereocenters. The van der Waals surface area contributed by atoms with E-state index in [0.717, 1.165) is 34.7 Å². The van der Waals surface area contributed by atoms with Crippen molar-refractivity contribution in [2.45, 2.75) is 25.7 Å². The fourth-order valence-corrected chi connectivity index (χ4v) is 4.25. The van der Waals surface area contributed by atoms with E-state index in [0.29, 0.717) is 42.9 Å². The molecule has 35 heavy (non-hydrogen) atoms. The number of alkyl halides is 3. The smallest absolute Gasteiger partial charge is 0.416 e. The molecule has 3 heterocycles. The minimum Gasteiger partial charge on any atom is -0.497 e. The summed E-state index contributed by atoms with van der Waals surface area (Å²) in [5.41, 5.74) is 3.54. The van der Waals surface area contributed by atoms with Gasteiger partial charge in [-0.2, -0.15) is 18.3 Å². The molecule has 0 atom stereocenters. The minimum atomic E-state index is -4.42. The number of methoxy groups -OCH3 is 1. The first-order chi connectivity index (χ1) is 16.8. The maximum absolute atomic E-state index is 12.8. The van der Waals surface area contributed by atoms with E-state index in [2.05, 4.69) is 25.1 Å². The monoisotopic (exact) mass is 481 g/mol. The van der Waals surface area contributed by atoms with Crippen molar-refractivity contribution in [3.05, 3.63) is 87.5 Å². The molecular formula is C25H22F3N5O2. The minimum absolute atomic E-state index is 0.271. The average molecular weight is 481 g/mol. The van der Waals surface area contributed by atoms with Gasteiger partial charge in [0.15, 0.2) is 0 Å². The second kappa shape index (κ2) is 9.03. The Kier molecular flexibility index (Phi) is 5.89. The average Bonchev–Trinajstić information content (AvgIpc) is 3.32. The Morgan fingerprint density at radius 3 is 2.46 bits per heavy atom. The number of ether oxygens (including phenoxy) is 1. The third-order valence-corrected chi connectivity index (χ3v) is 6.12. The summed E-state index contributed by atoms with van der Waals surface area (Å²) < 4.78 is 43.8. The number of halogens is 3. The SMILES string of the molecule is COc1ccc(-c2[nH]ncc2CN2CCc3nc(-c4ccc(C(F)(F)F)cc4)[nH]c(=O)c3C2)cc1. The molecule has 7 nitrogen and oxygen atoms in total. The highest BCUT2D eigenvalue weighted by Gasteiger charge is 2.30. The number of H-pyrrole nitrogens is 2. The van der Waals surface area contributed by atoms with E-state index >= 15 is 0 Å². The van der Waals surface area contributed by atoms with Crippen LogP contribution in [0.3, 0.4) is 0 Å². The van der Waals surface area contributed by atoms with Gasteiger partial charge < -0.3 is 9.72 Å². The molecule has 0 saturated heterocycles. The highest BCUT2D eigenvalue weighted by Crippen LogP contribution is 2.31. The predicted octanol–water partition coefficient (Wildman–Crippen LogP) is 4.41. The number of benzene rings is 2. The first-order valence-corrected chi connectivity index (χ1v) is 11.0. The third-order valence-electron chi connectivity index (χ3n) is 6.12. The van der Waals surface area contributed by atoms with Crippen molar-refractivity contribution in [2.75, 3.05) is 13.7 Å². The maximum atomic E-state index is 12.8. The van der Waals surface area contributed by atoms with Gasteiger partial charge in [-0.05, 0) is 36.4 Å². The van der Waals surface area contributed by atoms with Gasteiger partial charge in [0.25, 0.3) is 5.56 Å². The maximum Gasteiger partial charge on any atom is 0.416 e. The Morgan fingerprint density at radius 1 is 1.06 bits per heavy atom. The number of fused-ring (bicyclic) bond motifs is 1. The summed E-state index contributed by atoms with van der Waals surface area (Å²) in [4.78, 5) is 22.3. The number of aromatic amines is 2. The molecule has 2 aromatic heterocycles. The van der Waals surface area contributed by atoms with E-state index in [1.807, 2.05) is 24.3 Å². The second-order valence-corrected chi connectivity index (χ2v) is 8.37. The van der Waals surface area contributed by atoms with Gasteiger partial charge in [-0.3, -0.25) is 14.8 Å². The Hall–Kier alpha value is -3.92. The molecule has 180 valence electrons. The molecule has 1 aliphatic rings. The number of nitrogens with one attached hydrogen (secondary N) is 2. The van der Waals surface area contributed by atoms with Gasteiger partial charge in [-0.25, -0.2) is 4.98 Å². The van der Waals surface area contributed by atoms with Crippen LogP contribution < -0.4 is 10.3 Å². The highest BCUT2D eigenvalue weighted by molar-refractivity contribution is 5.63. The van der Waals surface area contributed by atoms with Crippen LogP contribution in [0.2, 0.25) is 0 Å². The zero-order valence-corrected chi connectivity index (χ0v) is 18.8. The normalized spacial score (nSPS) is 14.1. The molecule has 10 heteroatoms. The van der Waals surface area contributed by atoms with Gasteiger partial charge in [-0.15, -0.1) is 0 Å². The zero-order chi connectivity index (χ0) is 24.6. The quantitative estimate of drug-likeness (QED) is 0.441. The number of aromatic nitrogens is 4. The Labute approximate surface area is 198 Å². The lowest BCUT2D eigenvalue weighted by Gasteiger charge is -2.27. The fraction of sp³-hybridized carbons (Fsp3) is 0.240. The van der Waals surface area contributed by atoms with Gasteiger partial charge in [-0.1, -0.05) is 12.1 Å². The van der Waals surface area contributed by atoms with Crippen molar-refractivity contribution in [1.82, 2.24) is 25.1 Å². The lowest BCUT2D eigenvalue weighted by Crippen LogP contribution is -2.35. The summed E-state index contributed by atoms with van der Waals surface area (Å²) in [6.07, 6.45) is -2.07. The summed E-state index contributed by atoms with van der Waals surface area (Å²) in [5.74, 6) is 1.04. The van der Waals surface area contributed by atoms with E-state index in [9.17, 15) is 18.0 Å². The topological polar surface area (TPSA) is 86.9 Å². The van der Waals surface area contributed by atoms with Crippen LogP contribution in [0, 0.1) is 0 Å². The van der Waals surface area contributed by atoms with Crippen LogP contribution in [0.5, 0.6) is 5.75 Å². The molecule has 0 bridgehead atoms. The van der Waals surface area contributed by atoms with Crippen LogP contribution in [0.1, 0.15) is 22.4 Å². The lowest BCUT2D eigenvalue weighted by atomic mass is 10.0. The summed E-state index contributed by atoms with van der Waals surface area (Å²) in [6.45, 7) is 1.69. The molecule has 4 aromatic rings. The van der Waals surface area contributed by atoms with Crippen molar-refractivity contribution < 1.29 is 17.9 Å². The Bertz CT molecular complexity index is 1390. The standard InChI is InChI=1S/C25H22F3N5O2/c1-35-19-8-4-15(5-9-19)22-17(12-29-32-22)13-33-11-10-21-20(14-33)24(34)31-23(30-21)16-2-6-18(7-3-16)25(26,27)28/h2-9,12H,10-11,13-14H2,1H3,(H,29,32)(H,30,31,34). The predicted molar refractivity (Wildman–Crippen MR) is 124 cm³/mol.